The number of aromatic nitrogens is 3. The molecule has 1 aliphatic rings. The number of halogens is 1. The van der Waals surface area contributed by atoms with Gasteiger partial charge in [0.15, 0.2) is 17.1 Å². The highest BCUT2D eigenvalue weighted by molar-refractivity contribution is 5.99. The van der Waals surface area contributed by atoms with E-state index in [1.165, 1.54) is 17.0 Å². The minimum absolute atomic E-state index is 0. The molecule has 9 nitrogen and oxygen atoms in total. The molecule has 0 bridgehead atoms. The summed E-state index contributed by atoms with van der Waals surface area (Å²) in [4.78, 5) is 33.2. The van der Waals surface area contributed by atoms with Crippen molar-refractivity contribution in [2.75, 3.05) is 13.1 Å². The van der Waals surface area contributed by atoms with Gasteiger partial charge in [0.2, 0.25) is 0 Å². The van der Waals surface area contributed by atoms with Crippen LogP contribution in [0.3, 0.4) is 0 Å². The normalized spacial score (nSPS) is 19.2. The van der Waals surface area contributed by atoms with Gasteiger partial charge in [-0.1, -0.05) is 6.92 Å². The Hall–Kier alpha value is -2.91. The average Bonchev–Trinajstić information content (AvgIpc) is 3.32. The fraction of sp³-hybridized carbons (Fsp3) is 0.333. The van der Waals surface area contributed by atoms with Gasteiger partial charge in [0.25, 0.3) is 11.8 Å². The maximum absolute atomic E-state index is 13.0. The minimum atomic E-state index is -0.708. The summed E-state index contributed by atoms with van der Waals surface area (Å²) in [5.41, 5.74) is 6.38. The Bertz CT molecular complexity index is 1000. The fourth-order valence-corrected chi connectivity index (χ4v) is 3.34. The number of rotatable bonds is 4. The van der Waals surface area contributed by atoms with Gasteiger partial charge >= 0.3 is 0 Å². The molecule has 4 rings (SSSR count). The summed E-state index contributed by atoms with van der Waals surface area (Å²) in [5.74, 6) is -0.172. The number of carbonyl (C=O) groups is 2. The standard InChI is InChI=1S/C18H20N6O3.ClH/c1-10-8-20-5-4-11(10)23-18(26)13-7-12(14-3-2-6-27-14)22-17-15(16(19)25)21-9-24(13)17;/h2-3,6-7,9-11,20H,4-5,8H2,1H3,(H2,19,25)(H,23,26);1H. The summed E-state index contributed by atoms with van der Waals surface area (Å²) in [6, 6.07) is 5.14. The highest BCUT2D eigenvalue weighted by Crippen LogP contribution is 2.22. The van der Waals surface area contributed by atoms with Gasteiger partial charge in [0.05, 0.1) is 6.26 Å². The van der Waals surface area contributed by atoms with Crippen molar-refractivity contribution in [2.24, 2.45) is 11.7 Å². The van der Waals surface area contributed by atoms with Crippen molar-refractivity contribution < 1.29 is 14.0 Å². The van der Waals surface area contributed by atoms with Crippen molar-refractivity contribution >= 4 is 29.9 Å². The number of hydrogen-bond acceptors (Lipinski definition) is 6. The average molecular weight is 405 g/mol. The van der Waals surface area contributed by atoms with Crippen LogP contribution in [-0.4, -0.2) is 45.3 Å². The molecule has 1 saturated heterocycles. The summed E-state index contributed by atoms with van der Waals surface area (Å²) >= 11 is 0. The van der Waals surface area contributed by atoms with E-state index in [0.29, 0.717) is 23.1 Å². The lowest BCUT2D eigenvalue weighted by atomic mass is 9.95. The van der Waals surface area contributed by atoms with Gasteiger partial charge in [-0.05, 0) is 43.6 Å². The number of nitrogens with one attached hydrogen (secondary N) is 2. The van der Waals surface area contributed by atoms with Crippen molar-refractivity contribution in [3.8, 4) is 11.5 Å². The third kappa shape index (κ3) is 3.58. The van der Waals surface area contributed by atoms with E-state index in [1.807, 2.05) is 0 Å². The van der Waals surface area contributed by atoms with E-state index in [1.54, 1.807) is 18.2 Å². The topological polar surface area (TPSA) is 128 Å². The van der Waals surface area contributed by atoms with E-state index in [-0.39, 0.29) is 35.7 Å². The van der Waals surface area contributed by atoms with Crippen LogP contribution in [0.2, 0.25) is 0 Å². The van der Waals surface area contributed by atoms with Crippen molar-refractivity contribution in [3.63, 3.8) is 0 Å². The Labute approximate surface area is 167 Å². The van der Waals surface area contributed by atoms with Crippen molar-refractivity contribution in [2.45, 2.75) is 19.4 Å². The predicted octanol–water partition coefficient (Wildman–Crippen LogP) is 1.24. The molecule has 4 N–H and O–H groups in total. The number of hydrogen-bond donors (Lipinski definition) is 3. The summed E-state index contributed by atoms with van der Waals surface area (Å²) in [6.07, 6.45) is 3.75. The molecule has 0 spiro atoms. The molecule has 10 heteroatoms. The van der Waals surface area contributed by atoms with Crippen LogP contribution in [0.1, 0.15) is 34.3 Å². The highest BCUT2D eigenvalue weighted by Gasteiger charge is 2.25. The van der Waals surface area contributed by atoms with Gasteiger partial charge in [-0.3, -0.25) is 14.0 Å². The number of fused-ring (bicyclic) bond motifs is 1. The molecule has 0 radical (unpaired) electrons. The van der Waals surface area contributed by atoms with Gasteiger partial charge in [-0.25, -0.2) is 9.97 Å². The lowest BCUT2D eigenvalue weighted by Crippen LogP contribution is -2.48. The first-order chi connectivity index (χ1) is 13.0. The van der Waals surface area contributed by atoms with Crippen molar-refractivity contribution in [1.29, 1.82) is 0 Å². The van der Waals surface area contributed by atoms with Gasteiger partial charge in [-0.15, -0.1) is 12.4 Å². The van der Waals surface area contributed by atoms with E-state index in [0.717, 1.165) is 19.5 Å². The maximum atomic E-state index is 13.0. The van der Waals surface area contributed by atoms with Gasteiger partial charge in [-0.2, -0.15) is 0 Å². The Balaban J connectivity index is 0.00000225. The summed E-state index contributed by atoms with van der Waals surface area (Å²) in [6.45, 7) is 3.80. The van der Waals surface area contributed by atoms with E-state index in [4.69, 9.17) is 10.2 Å². The largest absolute Gasteiger partial charge is 0.463 e. The first kappa shape index (κ1) is 19.8. The third-order valence-corrected chi connectivity index (χ3v) is 4.84. The summed E-state index contributed by atoms with van der Waals surface area (Å²) in [7, 11) is 0. The summed E-state index contributed by atoms with van der Waals surface area (Å²) in [5, 5.41) is 6.40. The first-order valence-corrected chi connectivity index (χ1v) is 8.78. The summed E-state index contributed by atoms with van der Waals surface area (Å²) < 4.78 is 6.88. The third-order valence-electron chi connectivity index (χ3n) is 4.84. The Morgan fingerprint density at radius 1 is 1.43 bits per heavy atom. The monoisotopic (exact) mass is 404 g/mol. The lowest BCUT2D eigenvalue weighted by Gasteiger charge is -2.30. The van der Waals surface area contributed by atoms with Gasteiger partial charge in [0, 0.05) is 6.04 Å². The molecule has 0 aromatic carbocycles. The van der Waals surface area contributed by atoms with E-state index in [2.05, 4.69) is 27.5 Å². The van der Waals surface area contributed by atoms with Crippen LogP contribution in [0.4, 0.5) is 0 Å². The number of piperidine rings is 1. The van der Waals surface area contributed by atoms with Crippen LogP contribution in [0.15, 0.2) is 35.2 Å². The maximum Gasteiger partial charge on any atom is 0.271 e. The lowest BCUT2D eigenvalue weighted by molar-refractivity contribution is 0.0906. The van der Waals surface area contributed by atoms with Gasteiger partial charge in [0.1, 0.15) is 17.7 Å². The quantitative estimate of drug-likeness (QED) is 0.600. The number of primary amides is 1. The fourth-order valence-electron chi connectivity index (χ4n) is 3.34. The van der Waals surface area contributed by atoms with E-state index in [9.17, 15) is 9.59 Å². The first-order valence-electron chi connectivity index (χ1n) is 8.78. The highest BCUT2D eigenvalue weighted by atomic mass is 35.5. The van der Waals surface area contributed by atoms with Gasteiger partial charge < -0.3 is 20.8 Å². The van der Waals surface area contributed by atoms with Crippen LogP contribution in [-0.2, 0) is 0 Å². The van der Waals surface area contributed by atoms with E-state index >= 15 is 0 Å². The van der Waals surface area contributed by atoms with E-state index < -0.39 is 5.91 Å². The molecule has 0 saturated carbocycles. The van der Waals surface area contributed by atoms with Crippen LogP contribution < -0.4 is 16.4 Å². The zero-order chi connectivity index (χ0) is 19.0. The molecule has 1 fully saturated rings. The van der Waals surface area contributed by atoms with Crippen LogP contribution in [0.25, 0.3) is 17.1 Å². The number of nitrogens with zero attached hydrogens (tertiary/aromatic N) is 3. The molecule has 2 unspecified atom stereocenters. The number of nitrogens with two attached hydrogens (primary N) is 1. The number of carbonyl (C=O) groups excluding carboxylic acids is 2. The molecule has 28 heavy (non-hydrogen) atoms. The molecule has 1 aliphatic heterocycles. The second-order valence-electron chi connectivity index (χ2n) is 6.70. The predicted molar refractivity (Wildman–Crippen MR) is 104 cm³/mol. The molecule has 148 valence electrons. The van der Waals surface area contributed by atoms with Crippen molar-refractivity contribution in [1.82, 2.24) is 25.0 Å². The SMILES string of the molecule is CC1CNCCC1NC(=O)c1cc(-c2ccco2)nc2c(C(N)=O)ncn12.Cl. The molecule has 3 aromatic rings. The Morgan fingerprint density at radius 2 is 2.25 bits per heavy atom. The number of amides is 2. The smallest absolute Gasteiger partial charge is 0.271 e. The molecular formula is C18H21ClN6O3. The molecular weight excluding hydrogens is 384 g/mol. The zero-order valence-electron chi connectivity index (χ0n) is 15.2. The second kappa shape index (κ2) is 7.99. The van der Waals surface area contributed by atoms with Crippen molar-refractivity contribution in [3.05, 3.63) is 42.2 Å². The Morgan fingerprint density at radius 3 is 2.93 bits per heavy atom. The van der Waals surface area contributed by atoms with Crippen LogP contribution >= 0.6 is 12.4 Å². The molecule has 2 atom stereocenters. The second-order valence-corrected chi connectivity index (χ2v) is 6.70. The van der Waals surface area contributed by atoms with Crippen LogP contribution in [0, 0.1) is 5.92 Å². The molecule has 4 heterocycles. The zero-order valence-corrected chi connectivity index (χ0v) is 16.0. The Kier molecular flexibility index (Phi) is 5.66. The van der Waals surface area contributed by atoms with Crippen LogP contribution in [0.5, 0.6) is 0 Å². The molecule has 0 aliphatic carbocycles. The minimum Gasteiger partial charge on any atom is -0.463 e. The number of imidazole rings is 1. The number of furan rings is 1. The molecule has 2 amide bonds. The molecule has 3 aromatic heterocycles.